The zero-order chi connectivity index (χ0) is 20.3. The number of benzene rings is 2. The lowest BCUT2D eigenvalue weighted by Gasteiger charge is -2.32. The van der Waals surface area contributed by atoms with E-state index in [1.807, 2.05) is 42.5 Å². The normalized spacial score (nSPS) is 17.9. The number of carbonyl (C=O) groups excluding carboxylic acids is 1. The fourth-order valence-electron chi connectivity index (χ4n) is 3.89. The molecule has 148 valence electrons. The zero-order valence-corrected chi connectivity index (χ0v) is 16.2. The Bertz CT molecular complexity index is 1160. The van der Waals surface area contributed by atoms with Crippen LogP contribution in [0.5, 0.6) is 0 Å². The summed E-state index contributed by atoms with van der Waals surface area (Å²) in [6, 6.07) is 23.0. The summed E-state index contributed by atoms with van der Waals surface area (Å²) >= 11 is 0. The molecule has 2 aromatic carbocycles. The van der Waals surface area contributed by atoms with Gasteiger partial charge in [0.2, 0.25) is 5.82 Å². The first-order valence-corrected chi connectivity index (χ1v) is 9.91. The largest absolute Gasteiger partial charge is 0.345 e. The maximum atomic E-state index is 12.8. The number of amides is 1. The molecule has 1 N–H and O–H groups in total. The van der Waals surface area contributed by atoms with E-state index in [0.717, 1.165) is 5.56 Å². The molecule has 0 saturated heterocycles. The maximum Gasteiger partial charge on any atom is 0.270 e. The molecule has 0 fully saturated rings. The van der Waals surface area contributed by atoms with Crippen molar-refractivity contribution in [3.05, 3.63) is 95.8 Å². The number of pyridine rings is 1. The molecule has 2 heterocycles. The highest BCUT2D eigenvalue weighted by Crippen LogP contribution is 2.29. The molecule has 2 atom stereocenters. The van der Waals surface area contributed by atoms with Gasteiger partial charge in [-0.05, 0) is 41.3 Å². The van der Waals surface area contributed by atoms with Crippen LogP contribution in [-0.2, 0) is 12.8 Å². The second-order valence-electron chi connectivity index (χ2n) is 7.34. The van der Waals surface area contributed by atoms with Crippen LogP contribution in [0.25, 0.3) is 11.4 Å². The Hall–Kier alpha value is -3.87. The topological polar surface area (TPSA) is 85.6 Å². The second kappa shape index (κ2) is 7.87. The minimum atomic E-state index is -0.201. The molecule has 0 spiro atoms. The molecule has 2 aromatic heterocycles. The molecule has 7 nitrogen and oxygen atoms in total. The molecule has 0 aliphatic heterocycles. The van der Waals surface area contributed by atoms with Gasteiger partial charge in [-0.2, -0.15) is 4.80 Å². The van der Waals surface area contributed by atoms with Crippen molar-refractivity contribution in [2.45, 2.75) is 24.9 Å². The molecule has 30 heavy (non-hydrogen) atoms. The van der Waals surface area contributed by atoms with E-state index in [1.165, 1.54) is 11.1 Å². The lowest BCUT2D eigenvalue weighted by atomic mass is 9.84. The summed E-state index contributed by atoms with van der Waals surface area (Å²) in [5.74, 6) is 0.373. The molecule has 5 rings (SSSR count). The number of hydrogen-bond donors (Lipinski definition) is 1. The first kappa shape index (κ1) is 18.2. The van der Waals surface area contributed by atoms with Crippen molar-refractivity contribution in [1.82, 2.24) is 30.5 Å². The van der Waals surface area contributed by atoms with E-state index in [1.54, 1.807) is 29.2 Å². The summed E-state index contributed by atoms with van der Waals surface area (Å²) in [5, 5.41) is 16.4. The molecule has 0 unspecified atom stereocenters. The van der Waals surface area contributed by atoms with Gasteiger partial charge in [0, 0.05) is 11.8 Å². The third-order valence-corrected chi connectivity index (χ3v) is 5.42. The number of carbonyl (C=O) groups is 1. The van der Waals surface area contributed by atoms with Crippen LogP contribution in [0.1, 0.15) is 27.7 Å². The first-order chi connectivity index (χ1) is 14.8. The fourth-order valence-corrected chi connectivity index (χ4v) is 3.89. The first-order valence-electron chi connectivity index (χ1n) is 9.91. The summed E-state index contributed by atoms with van der Waals surface area (Å²) in [6.45, 7) is 0. The van der Waals surface area contributed by atoms with Gasteiger partial charge >= 0.3 is 0 Å². The molecule has 0 radical (unpaired) electrons. The molecule has 1 aliphatic carbocycles. The van der Waals surface area contributed by atoms with Gasteiger partial charge in [-0.3, -0.25) is 9.78 Å². The van der Waals surface area contributed by atoms with Gasteiger partial charge in [-0.1, -0.05) is 60.7 Å². The van der Waals surface area contributed by atoms with E-state index < -0.39 is 0 Å². The minimum absolute atomic E-state index is 0.141. The predicted molar refractivity (Wildman–Crippen MR) is 112 cm³/mol. The van der Waals surface area contributed by atoms with Gasteiger partial charge < -0.3 is 5.32 Å². The van der Waals surface area contributed by atoms with Crippen LogP contribution in [0, 0.1) is 0 Å². The van der Waals surface area contributed by atoms with Gasteiger partial charge in [-0.25, -0.2) is 0 Å². The lowest BCUT2D eigenvalue weighted by molar-refractivity contribution is 0.0909. The lowest BCUT2D eigenvalue weighted by Crippen LogP contribution is -2.46. The molecule has 0 saturated carbocycles. The third kappa shape index (κ3) is 3.57. The summed E-state index contributed by atoms with van der Waals surface area (Å²) in [6.07, 6.45) is 3.03. The Labute approximate surface area is 173 Å². The molecule has 4 aromatic rings. The van der Waals surface area contributed by atoms with Crippen LogP contribution in [0.4, 0.5) is 0 Å². The highest BCUT2D eigenvalue weighted by Gasteiger charge is 2.33. The van der Waals surface area contributed by atoms with Crippen molar-refractivity contribution in [3.8, 4) is 11.4 Å². The maximum absolute atomic E-state index is 12.8. The van der Waals surface area contributed by atoms with Crippen LogP contribution in [-0.4, -0.2) is 37.1 Å². The van der Waals surface area contributed by atoms with Crippen molar-refractivity contribution in [1.29, 1.82) is 0 Å². The summed E-state index contributed by atoms with van der Waals surface area (Å²) in [7, 11) is 0. The Morgan fingerprint density at radius 1 is 0.900 bits per heavy atom. The van der Waals surface area contributed by atoms with E-state index in [9.17, 15) is 4.79 Å². The Morgan fingerprint density at radius 3 is 2.40 bits per heavy atom. The highest BCUT2D eigenvalue weighted by molar-refractivity contribution is 5.92. The van der Waals surface area contributed by atoms with Crippen LogP contribution in [0.2, 0.25) is 0 Å². The minimum Gasteiger partial charge on any atom is -0.345 e. The molecular formula is C23H20N6O. The summed E-state index contributed by atoms with van der Waals surface area (Å²) in [5.41, 5.74) is 3.77. The van der Waals surface area contributed by atoms with Gasteiger partial charge in [0.25, 0.3) is 5.91 Å². The van der Waals surface area contributed by atoms with Crippen LogP contribution in [0.3, 0.4) is 0 Å². The third-order valence-electron chi connectivity index (χ3n) is 5.42. The van der Waals surface area contributed by atoms with E-state index in [-0.39, 0.29) is 18.0 Å². The SMILES string of the molecule is O=C(N[C@H]1Cc2ccccc2C[C@@H]1n1nnc(-c2ccccc2)n1)c1ccccn1. The molecule has 1 amide bonds. The zero-order valence-electron chi connectivity index (χ0n) is 16.2. The predicted octanol–water partition coefficient (Wildman–Crippen LogP) is 2.87. The van der Waals surface area contributed by atoms with Crippen molar-refractivity contribution >= 4 is 5.91 Å². The number of aromatic nitrogens is 5. The van der Waals surface area contributed by atoms with Crippen LogP contribution < -0.4 is 5.32 Å². The summed E-state index contributed by atoms with van der Waals surface area (Å²) in [4.78, 5) is 18.6. The molecule has 1 aliphatic rings. The van der Waals surface area contributed by atoms with Crippen molar-refractivity contribution < 1.29 is 4.79 Å². The number of tetrazole rings is 1. The van der Waals surface area contributed by atoms with Crippen molar-refractivity contribution in [2.75, 3.05) is 0 Å². The van der Waals surface area contributed by atoms with E-state index in [2.05, 4.69) is 37.8 Å². The number of fused-ring (bicyclic) bond motifs is 1. The molecular weight excluding hydrogens is 376 g/mol. The van der Waals surface area contributed by atoms with Gasteiger partial charge in [-0.15, -0.1) is 10.2 Å². The summed E-state index contributed by atoms with van der Waals surface area (Å²) < 4.78 is 0. The van der Waals surface area contributed by atoms with Crippen LogP contribution >= 0.6 is 0 Å². The fraction of sp³-hybridized carbons (Fsp3) is 0.174. The highest BCUT2D eigenvalue weighted by atomic mass is 16.2. The van der Waals surface area contributed by atoms with Crippen molar-refractivity contribution in [3.63, 3.8) is 0 Å². The average molecular weight is 396 g/mol. The second-order valence-corrected chi connectivity index (χ2v) is 7.34. The van der Waals surface area contributed by atoms with E-state index in [4.69, 9.17) is 0 Å². The van der Waals surface area contributed by atoms with Crippen molar-refractivity contribution in [2.24, 2.45) is 0 Å². The Morgan fingerprint density at radius 2 is 1.63 bits per heavy atom. The molecule has 7 heteroatoms. The van der Waals surface area contributed by atoms with Gasteiger partial charge in [0.1, 0.15) is 5.69 Å². The van der Waals surface area contributed by atoms with E-state index in [0.29, 0.717) is 24.4 Å². The standard InChI is InChI=1S/C23H20N6O/c30-23(19-12-6-7-13-24-19)25-20-14-17-10-4-5-11-18(17)15-21(20)29-27-22(26-28-29)16-8-2-1-3-9-16/h1-13,20-21H,14-15H2,(H,25,30)/t20-,21-/m0/s1. The number of nitrogens with one attached hydrogen (secondary N) is 1. The smallest absolute Gasteiger partial charge is 0.270 e. The van der Waals surface area contributed by atoms with E-state index >= 15 is 0 Å². The van der Waals surface area contributed by atoms with Gasteiger partial charge in [0.05, 0.1) is 12.1 Å². The number of nitrogens with zero attached hydrogens (tertiary/aromatic N) is 5. The number of rotatable bonds is 4. The monoisotopic (exact) mass is 396 g/mol. The number of hydrogen-bond acceptors (Lipinski definition) is 5. The molecule has 0 bridgehead atoms. The quantitative estimate of drug-likeness (QED) is 0.573. The average Bonchev–Trinajstić information content (AvgIpc) is 3.30. The van der Waals surface area contributed by atoms with Gasteiger partial charge in [0.15, 0.2) is 0 Å². The van der Waals surface area contributed by atoms with Crippen LogP contribution in [0.15, 0.2) is 79.0 Å². The Kier molecular flexibility index (Phi) is 4.77. The Balaban J connectivity index is 1.46.